The molecule has 0 radical (unpaired) electrons. The van der Waals surface area contributed by atoms with Gasteiger partial charge >= 0.3 is 11.9 Å². The van der Waals surface area contributed by atoms with Crippen LogP contribution in [-0.2, 0) is 14.3 Å². The average Bonchev–Trinajstić information content (AvgIpc) is 2.60. The molecule has 0 heterocycles. The molecule has 0 spiro atoms. The molecule has 0 aromatic rings. The first-order valence-corrected chi connectivity index (χ1v) is 9.33. The second kappa shape index (κ2) is 10.3. The fourth-order valence-electron chi connectivity index (χ4n) is 3.63. The third-order valence-electron chi connectivity index (χ3n) is 5.11. The van der Waals surface area contributed by atoms with Crippen LogP contribution in [0.15, 0.2) is 24.3 Å². The maximum absolute atomic E-state index is 12.5. The normalized spacial score (nSPS) is 24.5. The highest BCUT2D eigenvalue weighted by molar-refractivity contribution is 5.72. The van der Waals surface area contributed by atoms with E-state index in [0.717, 1.165) is 44.9 Å². The SMILES string of the molecule is O=C(O)CCCC(CC1CC=CCC1)C(=O)OCC1CC=CCC1. The Morgan fingerprint density at radius 2 is 1.71 bits per heavy atom. The van der Waals surface area contributed by atoms with E-state index in [1.165, 1.54) is 0 Å². The van der Waals surface area contributed by atoms with Crippen molar-refractivity contribution in [1.82, 2.24) is 0 Å². The molecule has 0 bridgehead atoms. The van der Waals surface area contributed by atoms with Crippen molar-refractivity contribution in [3.63, 3.8) is 0 Å². The molecule has 24 heavy (non-hydrogen) atoms. The van der Waals surface area contributed by atoms with Gasteiger partial charge in [0.05, 0.1) is 12.5 Å². The van der Waals surface area contributed by atoms with Crippen LogP contribution in [0.4, 0.5) is 0 Å². The zero-order valence-corrected chi connectivity index (χ0v) is 14.5. The quantitative estimate of drug-likeness (QED) is 0.498. The van der Waals surface area contributed by atoms with E-state index >= 15 is 0 Å². The van der Waals surface area contributed by atoms with Gasteiger partial charge in [0.2, 0.25) is 0 Å². The highest BCUT2D eigenvalue weighted by Gasteiger charge is 2.25. The van der Waals surface area contributed by atoms with Gasteiger partial charge in [-0.25, -0.2) is 0 Å². The molecule has 0 fully saturated rings. The fraction of sp³-hybridized carbons (Fsp3) is 0.700. The van der Waals surface area contributed by atoms with Gasteiger partial charge in [-0.15, -0.1) is 0 Å². The maximum Gasteiger partial charge on any atom is 0.308 e. The third-order valence-corrected chi connectivity index (χ3v) is 5.11. The number of carboxylic acid groups (broad SMARTS) is 1. The fourth-order valence-corrected chi connectivity index (χ4v) is 3.63. The third kappa shape index (κ3) is 6.90. The average molecular weight is 334 g/mol. The summed E-state index contributed by atoms with van der Waals surface area (Å²) in [5.41, 5.74) is 0. The molecular formula is C20H30O4. The predicted molar refractivity (Wildman–Crippen MR) is 93.5 cm³/mol. The van der Waals surface area contributed by atoms with E-state index < -0.39 is 5.97 Å². The van der Waals surface area contributed by atoms with E-state index in [9.17, 15) is 9.59 Å². The van der Waals surface area contributed by atoms with E-state index in [2.05, 4.69) is 24.3 Å². The number of carboxylic acids is 1. The molecule has 0 saturated heterocycles. The molecule has 2 aliphatic carbocycles. The number of esters is 1. The molecule has 3 unspecified atom stereocenters. The Balaban J connectivity index is 1.81. The number of allylic oxidation sites excluding steroid dienone is 4. The minimum absolute atomic E-state index is 0.121. The molecule has 2 aliphatic rings. The number of carbonyl (C=O) groups is 2. The van der Waals surface area contributed by atoms with Crippen LogP contribution in [0.25, 0.3) is 0 Å². The molecule has 4 heteroatoms. The van der Waals surface area contributed by atoms with Crippen LogP contribution in [0, 0.1) is 17.8 Å². The molecule has 3 atom stereocenters. The number of hydrogen-bond acceptors (Lipinski definition) is 3. The van der Waals surface area contributed by atoms with Crippen molar-refractivity contribution in [2.24, 2.45) is 17.8 Å². The van der Waals surface area contributed by atoms with E-state index in [1.54, 1.807) is 0 Å². The lowest BCUT2D eigenvalue weighted by atomic mass is 9.84. The largest absolute Gasteiger partial charge is 0.481 e. The molecule has 0 aliphatic heterocycles. The van der Waals surface area contributed by atoms with Gasteiger partial charge in [0, 0.05) is 6.42 Å². The zero-order chi connectivity index (χ0) is 17.2. The lowest BCUT2D eigenvalue weighted by Gasteiger charge is -2.24. The van der Waals surface area contributed by atoms with Crippen LogP contribution >= 0.6 is 0 Å². The van der Waals surface area contributed by atoms with Gasteiger partial charge in [-0.2, -0.15) is 0 Å². The number of hydrogen-bond donors (Lipinski definition) is 1. The summed E-state index contributed by atoms with van der Waals surface area (Å²) in [5, 5.41) is 8.83. The van der Waals surface area contributed by atoms with Crippen molar-refractivity contribution in [3.05, 3.63) is 24.3 Å². The summed E-state index contributed by atoms with van der Waals surface area (Å²) in [5.74, 6) is -0.104. The molecule has 2 rings (SSSR count). The number of rotatable bonds is 9. The van der Waals surface area contributed by atoms with Crippen LogP contribution in [0.5, 0.6) is 0 Å². The lowest BCUT2D eigenvalue weighted by molar-refractivity contribution is -0.151. The van der Waals surface area contributed by atoms with Crippen LogP contribution in [-0.4, -0.2) is 23.7 Å². The zero-order valence-electron chi connectivity index (χ0n) is 14.5. The predicted octanol–water partition coefficient (Wildman–Crippen LogP) is 4.50. The highest BCUT2D eigenvalue weighted by Crippen LogP contribution is 2.29. The highest BCUT2D eigenvalue weighted by atomic mass is 16.5. The maximum atomic E-state index is 12.5. The van der Waals surface area contributed by atoms with Gasteiger partial charge < -0.3 is 9.84 Å². The van der Waals surface area contributed by atoms with Crippen LogP contribution in [0.2, 0.25) is 0 Å². The standard InChI is InChI=1S/C20H30O4/c21-19(22)13-7-12-18(14-16-8-3-1-4-9-16)20(23)24-15-17-10-5-2-6-11-17/h1-3,5,16-18H,4,6-15H2,(H,21,22). The number of aliphatic carboxylic acids is 1. The first-order valence-electron chi connectivity index (χ1n) is 9.33. The summed E-state index contributed by atoms with van der Waals surface area (Å²) in [4.78, 5) is 23.3. The van der Waals surface area contributed by atoms with E-state index in [4.69, 9.17) is 9.84 Å². The monoisotopic (exact) mass is 334 g/mol. The smallest absolute Gasteiger partial charge is 0.308 e. The lowest BCUT2D eigenvalue weighted by Crippen LogP contribution is -2.24. The van der Waals surface area contributed by atoms with Gasteiger partial charge in [-0.3, -0.25) is 9.59 Å². The van der Waals surface area contributed by atoms with Gasteiger partial charge in [0.15, 0.2) is 0 Å². The van der Waals surface area contributed by atoms with Gasteiger partial charge in [0.1, 0.15) is 0 Å². The Bertz CT molecular complexity index is 466. The van der Waals surface area contributed by atoms with Crippen molar-refractivity contribution < 1.29 is 19.4 Å². The summed E-state index contributed by atoms with van der Waals surface area (Å²) in [7, 11) is 0. The van der Waals surface area contributed by atoms with Crippen LogP contribution < -0.4 is 0 Å². The van der Waals surface area contributed by atoms with Crippen molar-refractivity contribution in [3.8, 4) is 0 Å². The van der Waals surface area contributed by atoms with E-state index in [0.29, 0.717) is 31.3 Å². The molecule has 134 valence electrons. The Morgan fingerprint density at radius 1 is 1.04 bits per heavy atom. The van der Waals surface area contributed by atoms with Crippen molar-refractivity contribution in [2.75, 3.05) is 6.61 Å². The summed E-state index contributed by atoms with van der Waals surface area (Å²) in [6, 6.07) is 0. The molecule has 0 aromatic heterocycles. The second-order valence-electron chi connectivity index (χ2n) is 7.15. The number of ether oxygens (including phenoxy) is 1. The van der Waals surface area contributed by atoms with Crippen LogP contribution in [0.3, 0.4) is 0 Å². The van der Waals surface area contributed by atoms with Gasteiger partial charge in [0.25, 0.3) is 0 Å². The molecule has 1 N–H and O–H groups in total. The summed E-state index contributed by atoms with van der Waals surface area (Å²) in [6.07, 6.45) is 17.2. The molecule has 0 aromatic carbocycles. The van der Waals surface area contributed by atoms with Crippen molar-refractivity contribution in [1.29, 1.82) is 0 Å². The Hall–Kier alpha value is -1.58. The molecule has 0 amide bonds. The minimum atomic E-state index is -0.795. The number of carbonyl (C=O) groups excluding carboxylic acids is 1. The van der Waals surface area contributed by atoms with E-state index in [-0.39, 0.29) is 18.3 Å². The van der Waals surface area contributed by atoms with Crippen molar-refractivity contribution >= 4 is 11.9 Å². The first-order chi connectivity index (χ1) is 11.6. The molecular weight excluding hydrogens is 304 g/mol. The molecule has 0 saturated carbocycles. The second-order valence-corrected chi connectivity index (χ2v) is 7.15. The Morgan fingerprint density at radius 3 is 2.29 bits per heavy atom. The van der Waals surface area contributed by atoms with Gasteiger partial charge in [-0.05, 0) is 69.6 Å². The van der Waals surface area contributed by atoms with Crippen molar-refractivity contribution in [2.45, 2.75) is 64.2 Å². The first kappa shape index (κ1) is 18.8. The van der Waals surface area contributed by atoms with Crippen LogP contribution in [0.1, 0.15) is 64.2 Å². The Kier molecular flexibility index (Phi) is 8.06. The van der Waals surface area contributed by atoms with Gasteiger partial charge in [-0.1, -0.05) is 24.3 Å². The molecule has 4 nitrogen and oxygen atoms in total. The Labute approximate surface area is 145 Å². The summed E-state index contributed by atoms with van der Waals surface area (Å²) >= 11 is 0. The van der Waals surface area contributed by atoms with E-state index in [1.807, 2.05) is 0 Å². The topological polar surface area (TPSA) is 63.6 Å². The summed E-state index contributed by atoms with van der Waals surface area (Å²) in [6.45, 7) is 0.503. The summed E-state index contributed by atoms with van der Waals surface area (Å²) < 4.78 is 5.60. The minimum Gasteiger partial charge on any atom is -0.481 e.